The summed E-state index contributed by atoms with van der Waals surface area (Å²) < 4.78 is 0. The van der Waals surface area contributed by atoms with E-state index < -0.39 is 5.97 Å². The molecule has 0 radical (unpaired) electrons. The van der Waals surface area contributed by atoms with Crippen molar-refractivity contribution in [2.24, 2.45) is 0 Å². The molecule has 0 amide bonds. The number of rotatable bonds is 2. The SMILES string of the molecule is CN(C)C1Cc2ccc(C(=O)O)cc2C1. The Morgan fingerprint density at radius 3 is 2.60 bits per heavy atom. The van der Waals surface area contributed by atoms with Crippen molar-refractivity contribution >= 4 is 5.97 Å². The van der Waals surface area contributed by atoms with Crippen LogP contribution < -0.4 is 0 Å². The summed E-state index contributed by atoms with van der Waals surface area (Å²) in [5.41, 5.74) is 2.88. The van der Waals surface area contributed by atoms with Gasteiger partial charge in [0.2, 0.25) is 0 Å². The fourth-order valence-electron chi connectivity index (χ4n) is 2.09. The van der Waals surface area contributed by atoms with E-state index in [9.17, 15) is 4.79 Å². The van der Waals surface area contributed by atoms with Crippen molar-refractivity contribution in [2.45, 2.75) is 18.9 Å². The Hall–Kier alpha value is -1.35. The number of hydrogen-bond acceptors (Lipinski definition) is 2. The van der Waals surface area contributed by atoms with Crippen molar-refractivity contribution in [1.82, 2.24) is 4.90 Å². The van der Waals surface area contributed by atoms with Gasteiger partial charge >= 0.3 is 5.97 Å². The molecule has 1 aromatic rings. The number of carbonyl (C=O) groups is 1. The Kier molecular flexibility index (Phi) is 2.49. The number of benzene rings is 1. The van der Waals surface area contributed by atoms with E-state index in [-0.39, 0.29) is 0 Å². The number of hydrogen-bond donors (Lipinski definition) is 1. The lowest BCUT2D eigenvalue weighted by molar-refractivity contribution is 0.0697. The number of aromatic carboxylic acids is 1. The summed E-state index contributed by atoms with van der Waals surface area (Å²) in [5, 5.41) is 8.88. The minimum atomic E-state index is -0.842. The van der Waals surface area contributed by atoms with Gasteiger partial charge in [0.15, 0.2) is 0 Å². The van der Waals surface area contributed by atoms with Gasteiger partial charge in [0.05, 0.1) is 5.56 Å². The van der Waals surface area contributed by atoms with Gasteiger partial charge in [0, 0.05) is 6.04 Å². The van der Waals surface area contributed by atoms with Crippen LogP contribution in [0.15, 0.2) is 18.2 Å². The van der Waals surface area contributed by atoms with E-state index in [0.717, 1.165) is 12.8 Å². The molecule has 0 heterocycles. The third kappa shape index (κ3) is 1.88. The highest BCUT2D eigenvalue weighted by Gasteiger charge is 2.23. The lowest BCUT2D eigenvalue weighted by Crippen LogP contribution is -2.27. The molecule has 0 fully saturated rings. The predicted octanol–water partition coefficient (Wildman–Crippen LogP) is 1.41. The first-order valence-corrected chi connectivity index (χ1v) is 5.09. The van der Waals surface area contributed by atoms with Crippen LogP contribution in [0.3, 0.4) is 0 Å². The Morgan fingerprint density at radius 2 is 2.00 bits per heavy atom. The number of carboxylic acid groups (broad SMARTS) is 1. The predicted molar refractivity (Wildman–Crippen MR) is 58.3 cm³/mol. The second-order valence-corrected chi connectivity index (χ2v) is 4.31. The highest BCUT2D eigenvalue weighted by Crippen LogP contribution is 2.25. The van der Waals surface area contributed by atoms with E-state index in [4.69, 9.17) is 5.11 Å². The number of carboxylic acids is 1. The second kappa shape index (κ2) is 3.66. The molecule has 15 heavy (non-hydrogen) atoms. The van der Waals surface area contributed by atoms with Gasteiger partial charge in [-0.25, -0.2) is 4.79 Å². The molecule has 1 N–H and O–H groups in total. The van der Waals surface area contributed by atoms with Crippen LogP contribution in [0.5, 0.6) is 0 Å². The third-order valence-corrected chi connectivity index (χ3v) is 3.09. The van der Waals surface area contributed by atoms with Crippen LogP contribution >= 0.6 is 0 Å². The standard InChI is InChI=1S/C12H15NO2/c1-13(2)11-6-8-3-4-9(12(14)15)5-10(8)7-11/h3-5,11H,6-7H2,1-2H3,(H,14,15). The van der Waals surface area contributed by atoms with Gasteiger partial charge in [-0.15, -0.1) is 0 Å². The number of nitrogens with zero attached hydrogens (tertiary/aromatic N) is 1. The third-order valence-electron chi connectivity index (χ3n) is 3.09. The molecule has 0 spiro atoms. The fourth-order valence-corrected chi connectivity index (χ4v) is 2.09. The molecule has 2 rings (SSSR count). The van der Waals surface area contributed by atoms with Crippen LogP contribution in [0.1, 0.15) is 21.5 Å². The summed E-state index contributed by atoms with van der Waals surface area (Å²) in [6, 6.07) is 5.96. The van der Waals surface area contributed by atoms with Gasteiger partial charge in [-0.3, -0.25) is 0 Å². The zero-order valence-electron chi connectivity index (χ0n) is 9.03. The monoisotopic (exact) mass is 205 g/mol. The summed E-state index contributed by atoms with van der Waals surface area (Å²) in [4.78, 5) is 13.0. The molecule has 1 atom stereocenters. The summed E-state index contributed by atoms with van der Waals surface area (Å²) in [6.45, 7) is 0. The maximum absolute atomic E-state index is 10.8. The molecule has 0 aromatic heterocycles. The lowest BCUT2D eigenvalue weighted by atomic mass is 10.1. The topological polar surface area (TPSA) is 40.5 Å². The van der Waals surface area contributed by atoms with Gasteiger partial charge in [-0.2, -0.15) is 0 Å². The Labute approximate surface area is 89.3 Å². The van der Waals surface area contributed by atoms with E-state index in [0.29, 0.717) is 11.6 Å². The molecule has 1 unspecified atom stereocenters. The molecular weight excluding hydrogens is 190 g/mol. The van der Waals surface area contributed by atoms with E-state index >= 15 is 0 Å². The van der Waals surface area contributed by atoms with Crippen molar-refractivity contribution in [3.63, 3.8) is 0 Å². The molecule has 1 aliphatic rings. The normalized spacial score (nSPS) is 19.3. The van der Waals surface area contributed by atoms with Gasteiger partial charge in [-0.05, 0) is 50.2 Å². The quantitative estimate of drug-likeness (QED) is 0.793. The van der Waals surface area contributed by atoms with Crippen molar-refractivity contribution < 1.29 is 9.90 Å². The van der Waals surface area contributed by atoms with Gasteiger partial charge in [0.25, 0.3) is 0 Å². The average molecular weight is 205 g/mol. The first kappa shape index (κ1) is 10.2. The molecule has 3 heteroatoms. The van der Waals surface area contributed by atoms with Crippen LogP contribution in [0.25, 0.3) is 0 Å². The van der Waals surface area contributed by atoms with Gasteiger partial charge in [-0.1, -0.05) is 6.07 Å². The molecule has 1 aliphatic carbocycles. The van der Waals surface area contributed by atoms with Crippen LogP contribution in [-0.4, -0.2) is 36.1 Å². The smallest absolute Gasteiger partial charge is 0.335 e. The molecular formula is C12H15NO2. The summed E-state index contributed by atoms with van der Waals surface area (Å²) in [7, 11) is 4.13. The number of fused-ring (bicyclic) bond motifs is 1. The highest BCUT2D eigenvalue weighted by molar-refractivity contribution is 5.88. The van der Waals surface area contributed by atoms with Crippen molar-refractivity contribution in [1.29, 1.82) is 0 Å². The Morgan fingerprint density at radius 1 is 1.33 bits per heavy atom. The first-order chi connectivity index (χ1) is 7.08. The van der Waals surface area contributed by atoms with Crippen molar-refractivity contribution in [3.8, 4) is 0 Å². The van der Waals surface area contributed by atoms with E-state index in [1.165, 1.54) is 11.1 Å². The maximum Gasteiger partial charge on any atom is 0.335 e. The maximum atomic E-state index is 10.8. The van der Waals surface area contributed by atoms with Crippen LogP contribution in [0.4, 0.5) is 0 Å². The van der Waals surface area contributed by atoms with E-state index in [1.807, 2.05) is 6.07 Å². The van der Waals surface area contributed by atoms with Gasteiger partial charge in [0.1, 0.15) is 0 Å². The Bertz CT molecular complexity index is 399. The van der Waals surface area contributed by atoms with E-state index in [1.54, 1.807) is 12.1 Å². The van der Waals surface area contributed by atoms with Gasteiger partial charge < -0.3 is 10.0 Å². The van der Waals surface area contributed by atoms with Crippen LogP contribution in [0, 0.1) is 0 Å². The molecule has 0 saturated carbocycles. The van der Waals surface area contributed by atoms with E-state index in [2.05, 4.69) is 19.0 Å². The zero-order chi connectivity index (χ0) is 11.0. The Balaban J connectivity index is 2.27. The minimum Gasteiger partial charge on any atom is -0.478 e. The lowest BCUT2D eigenvalue weighted by Gasteiger charge is -2.17. The fraction of sp³-hybridized carbons (Fsp3) is 0.417. The number of likely N-dealkylation sites (N-methyl/N-ethyl adjacent to an activating group) is 1. The second-order valence-electron chi connectivity index (χ2n) is 4.31. The van der Waals surface area contributed by atoms with Crippen molar-refractivity contribution in [2.75, 3.05) is 14.1 Å². The van der Waals surface area contributed by atoms with Crippen molar-refractivity contribution in [3.05, 3.63) is 34.9 Å². The van der Waals surface area contributed by atoms with Crippen LogP contribution in [-0.2, 0) is 12.8 Å². The summed E-state index contributed by atoms with van der Waals surface area (Å²) >= 11 is 0. The average Bonchev–Trinajstić information content (AvgIpc) is 2.59. The van der Waals surface area contributed by atoms with Crippen LogP contribution in [0.2, 0.25) is 0 Å². The molecule has 80 valence electrons. The molecule has 3 nitrogen and oxygen atoms in total. The minimum absolute atomic E-state index is 0.396. The first-order valence-electron chi connectivity index (χ1n) is 5.09. The molecule has 0 aliphatic heterocycles. The molecule has 0 saturated heterocycles. The summed E-state index contributed by atoms with van der Waals surface area (Å²) in [6.07, 6.45) is 1.99. The zero-order valence-corrected chi connectivity index (χ0v) is 9.03. The largest absolute Gasteiger partial charge is 0.478 e. The summed E-state index contributed by atoms with van der Waals surface area (Å²) in [5.74, 6) is -0.842. The highest BCUT2D eigenvalue weighted by atomic mass is 16.4. The molecule has 1 aromatic carbocycles. The molecule has 0 bridgehead atoms.